The largest absolute Gasteiger partial charge is 0.366 e. The average Bonchev–Trinajstić information content (AvgIpc) is 3.29. The number of fused-ring (bicyclic) bond motifs is 1. The molecule has 0 radical (unpaired) electrons. The zero-order valence-electron chi connectivity index (χ0n) is 22.2. The van der Waals surface area contributed by atoms with E-state index >= 15 is 0 Å². The average molecular weight is 535 g/mol. The van der Waals surface area contributed by atoms with Gasteiger partial charge in [0.25, 0.3) is 0 Å². The molecule has 0 saturated carbocycles. The minimum atomic E-state index is -3.24. The maximum absolute atomic E-state index is 12.5. The molecule has 3 N–H and O–H groups in total. The van der Waals surface area contributed by atoms with E-state index in [1.165, 1.54) is 16.6 Å². The van der Waals surface area contributed by atoms with Crippen LogP contribution >= 0.6 is 0 Å². The number of anilines is 1. The van der Waals surface area contributed by atoms with Crippen molar-refractivity contribution in [1.29, 1.82) is 0 Å². The first kappa shape index (κ1) is 27.5. The quantitative estimate of drug-likeness (QED) is 0.505. The van der Waals surface area contributed by atoms with Crippen LogP contribution in [0.5, 0.6) is 0 Å². The van der Waals surface area contributed by atoms with Gasteiger partial charge in [-0.1, -0.05) is 36.4 Å². The first-order valence-electron chi connectivity index (χ1n) is 12.5. The molecule has 1 aliphatic heterocycles. The van der Waals surface area contributed by atoms with Crippen LogP contribution in [0.4, 0.5) is 5.69 Å². The van der Waals surface area contributed by atoms with Crippen molar-refractivity contribution in [2.45, 2.75) is 19.8 Å². The van der Waals surface area contributed by atoms with Gasteiger partial charge >= 0.3 is 0 Å². The van der Waals surface area contributed by atoms with Crippen LogP contribution in [0.25, 0.3) is 17.2 Å². The van der Waals surface area contributed by atoms with E-state index in [0.717, 1.165) is 39.0 Å². The highest BCUT2D eigenvalue weighted by atomic mass is 32.2. The lowest BCUT2D eigenvalue weighted by molar-refractivity contribution is -0.111. The summed E-state index contributed by atoms with van der Waals surface area (Å²) in [5.41, 5.74) is 13.7. The fourth-order valence-corrected chi connectivity index (χ4v) is 5.73. The summed E-state index contributed by atoms with van der Waals surface area (Å²) in [4.78, 5) is 26.7. The van der Waals surface area contributed by atoms with Crippen molar-refractivity contribution < 1.29 is 18.0 Å². The summed E-state index contributed by atoms with van der Waals surface area (Å²) in [5.74, 6) is -0.679. The van der Waals surface area contributed by atoms with Gasteiger partial charge in [-0.25, -0.2) is 8.42 Å². The van der Waals surface area contributed by atoms with Crippen molar-refractivity contribution in [3.8, 4) is 11.1 Å². The number of allylic oxidation sites excluding steroid dienone is 1. The molecule has 0 fully saturated rings. The standard InChI is InChI=1S/C29H34N4O4S/c1-19-22(7-5-8-27(19)31-28(34)9-6-14-32(2)3)23-10-11-24(29(30)35)26-18-21(17-25(23)26)20-12-15-33(16-13-20)38(4,36)37/h5-12,17H,13-16,18H2,1-4H3,(H2,30,35)(H,31,34)/b9-6+. The lowest BCUT2D eigenvalue weighted by atomic mass is 9.90. The molecule has 2 aliphatic rings. The van der Waals surface area contributed by atoms with Gasteiger partial charge < -0.3 is 16.0 Å². The van der Waals surface area contributed by atoms with Crippen LogP contribution in [-0.2, 0) is 21.2 Å². The molecule has 1 heterocycles. The van der Waals surface area contributed by atoms with Crippen molar-refractivity contribution in [3.63, 3.8) is 0 Å². The summed E-state index contributed by atoms with van der Waals surface area (Å²) in [5, 5.41) is 2.97. The Labute approximate surface area is 224 Å². The smallest absolute Gasteiger partial charge is 0.249 e. The van der Waals surface area contributed by atoms with E-state index in [-0.39, 0.29) is 5.91 Å². The molecule has 0 bridgehead atoms. The molecule has 0 atom stereocenters. The fraction of sp³-hybridized carbons (Fsp3) is 0.310. The summed E-state index contributed by atoms with van der Waals surface area (Å²) in [7, 11) is 0.632. The van der Waals surface area contributed by atoms with Crippen LogP contribution < -0.4 is 11.1 Å². The molecular weight excluding hydrogens is 500 g/mol. The van der Waals surface area contributed by atoms with Crippen molar-refractivity contribution in [1.82, 2.24) is 9.21 Å². The van der Waals surface area contributed by atoms with E-state index in [0.29, 0.717) is 43.7 Å². The van der Waals surface area contributed by atoms with Gasteiger partial charge in [0.1, 0.15) is 0 Å². The number of likely N-dealkylation sites (N-methyl/N-ethyl adjacent to an activating group) is 1. The Morgan fingerprint density at radius 1 is 1.13 bits per heavy atom. The number of nitrogens with one attached hydrogen (secondary N) is 1. The summed E-state index contributed by atoms with van der Waals surface area (Å²) in [6.45, 7) is 3.40. The van der Waals surface area contributed by atoms with Crippen LogP contribution in [0.1, 0.15) is 33.5 Å². The highest BCUT2D eigenvalue weighted by Crippen LogP contribution is 2.41. The number of nitrogens with two attached hydrogens (primary N) is 1. The Morgan fingerprint density at radius 2 is 1.89 bits per heavy atom. The van der Waals surface area contributed by atoms with Crippen LogP contribution in [0.3, 0.4) is 0 Å². The minimum Gasteiger partial charge on any atom is -0.366 e. The molecule has 2 aromatic carbocycles. The van der Waals surface area contributed by atoms with Gasteiger partial charge in [0.2, 0.25) is 21.8 Å². The summed E-state index contributed by atoms with van der Waals surface area (Å²) in [6.07, 6.45) is 9.77. The number of primary amides is 1. The second-order valence-electron chi connectivity index (χ2n) is 10.00. The summed E-state index contributed by atoms with van der Waals surface area (Å²) >= 11 is 0. The third kappa shape index (κ3) is 5.96. The van der Waals surface area contributed by atoms with Gasteiger partial charge in [-0.2, -0.15) is 4.31 Å². The molecule has 0 spiro atoms. The monoisotopic (exact) mass is 534 g/mol. The number of carbonyl (C=O) groups excluding carboxylic acids is 2. The van der Waals surface area contributed by atoms with Crippen molar-refractivity contribution in [2.75, 3.05) is 45.3 Å². The van der Waals surface area contributed by atoms with E-state index < -0.39 is 15.9 Å². The Morgan fingerprint density at radius 3 is 2.53 bits per heavy atom. The van der Waals surface area contributed by atoms with Gasteiger partial charge in [-0.15, -0.1) is 0 Å². The van der Waals surface area contributed by atoms with E-state index in [1.807, 2.05) is 62.3 Å². The highest BCUT2D eigenvalue weighted by molar-refractivity contribution is 7.88. The normalized spacial score (nSPS) is 15.9. The van der Waals surface area contributed by atoms with E-state index in [2.05, 4.69) is 11.4 Å². The third-order valence-corrected chi connectivity index (χ3v) is 8.25. The van der Waals surface area contributed by atoms with Gasteiger partial charge in [0.15, 0.2) is 0 Å². The van der Waals surface area contributed by atoms with Crippen LogP contribution in [0, 0.1) is 6.92 Å². The van der Waals surface area contributed by atoms with Gasteiger partial charge in [0, 0.05) is 37.0 Å². The number of hydrogen-bond donors (Lipinski definition) is 2. The molecule has 8 nitrogen and oxygen atoms in total. The van der Waals surface area contributed by atoms with Crippen molar-refractivity contribution in [3.05, 3.63) is 82.0 Å². The molecule has 9 heteroatoms. The lowest BCUT2D eigenvalue weighted by Crippen LogP contribution is -2.34. The molecule has 2 aromatic rings. The van der Waals surface area contributed by atoms with E-state index in [4.69, 9.17) is 5.73 Å². The second kappa shape index (κ2) is 11.1. The number of nitrogens with zero attached hydrogens (tertiary/aromatic N) is 2. The molecular formula is C29H34N4O4S. The zero-order chi connectivity index (χ0) is 27.6. The summed E-state index contributed by atoms with van der Waals surface area (Å²) < 4.78 is 25.3. The molecule has 2 amide bonds. The number of benzene rings is 2. The molecule has 200 valence electrons. The molecule has 0 saturated heterocycles. The van der Waals surface area contributed by atoms with E-state index in [9.17, 15) is 18.0 Å². The number of rotatable bonds is 8. The van der Waals surface area contributed by atoms with Gasteiger partial charge in [-0.05, 0) is 85.0 Å². The lowest BCUT2D eigenvalue weighted by Gasteiger charge is -2.24. The predicted octanol–water partition coefficient (Wildman–Crippen LogP) is 3.35. The number of amides is 2. The molecule has 0 unspecified atom stereocenters. The predicted molar refractivity (Wildman–Crippen MR) is 152 cm³/mol. The van der Waals surface area contributed by atoms with Crippen molar-refractivity contribution >= 4 is 33.6 Å². The molecule has 1 aliphatic carbocycles. The maximum Gasteiger partial charge on any atom is 0.249 e. The molecule has 0 aromatic heterocycles. The number of hydrogen-bond acceptors (Lipinski definition) is 5. The van der Waals surface area contributed by atoms with Gasteiger partial charge in [-0.3, -0.25) is 9.59 Å². The van der Waals surface area contributed by atoms with Crippen molar-refractivity contribution in [2.24, 2.45) is 5.73 Å². The Balaban J connectivity index is 1.69. The van der Waals surface area contributed by atoms with Crippen LogP contribution in [0.2, 0.25) is 0 Å². The number of carbonyl (C=O) groups is 2. The van der Waals surface area contributed by atoms with Gasteiger partial charge in [0.05, 0.1) is 6.26 Å². The molecule has 38 heavy (non-hydrogen) atoms. The fourth-order valence-electron chi connectivity index (χ4n) is 4.96. The summed E-state index contributed by atoms with van der Waals surface area (Å²) in [6, 6.07) is 9.45. The molecule has 4 rings (SSSR count). The first-order chi connectivity index (χ1) is 18.0. The Hall–Kier alpha value is -3.53. The first-order valence-corrected chi connectivity index (χ1v) is 14.3. The second-order valence-corrected chi connectivity index (χ2v) is 12.0. The Bertz CT molecular complexity index is 1490. The maximum atomic E-state index is 12.5. The van der Waals surface area contributed by atoms with Crippen LogP contribution in [-0.4, -0.2) is 69.4 Å². The van der Waals surface area contributed by atoms with Crippen LogP contribution in [0.15, 0.2) is 59.7 Å². The third-order valence-electron chi connectivity index (χ3n) is 6.98. The topological polar surface area (TPSA) is 113 Å². The number of sulfonamides is 1. The zero-order valence-corrected chi connectivity index (χ0v) is 23.1. The highest BCUT2D eigenvalue weighted by Gasteiger charge is 2.27. The van der Waals surface area contributed by atoms with E-state index in [1.54, 1.807) is 6.07 Å². The Kier molecular flexibility index (Phi) is 8.01. The SMILES string of the molecule is Cc1c(NC(=O)/C=C/CN(C)C)cccc1-c1ccc(C(N)=O)c2c1C=C(C1=CCN(S(C)(=O)=O)CC1)C2. The minimum absolute atomic E-state index is 0.198.